The topological polar surface area (TPSA) is 58.4 Å². The summed E-state index contributed by atoms with van der Waals surface area (Å²) in [6.07, 6.45) is 0.977. The summed E-state index contributed by atoms with van der Waals surface area (Å²) in [6.45, 7) is 3.48. The molecule has 0 aromatic heterocycles. The van der Waals surface area contributed by atoms with E-state index in [0.717, 1.165) is 18.7 Å². The van der Waals surface area contributed by atoms with Gasteiger partial charge in [0.25, 0.3) is 0 Å². The molecule has 0 saturated carbocycles. The van der Waals surface area contributed by atoms with Crippen LogP contribution in [-0.2, 0) is 0 Å². The molecule has 2 rings (SSSR count). The Balaban J connectivity index is 1.97. The van der Waals surface area contributed by atoms with Crippen molar-refractivity contribution in [1.82, 2.24) is 4.90 Å². The van der Waals surface area contributed by atoms with Gasteiger partial charge in [0.1, 0.15) is 0 Å². The fraction of sp³-hybridized carbons (Fsp3) is 0.462. The van der Waals surface area contributed by atoms with Crippen LogP contribution in [0.3, 0.4) is 0 Å². The van der Waals surface area contributed by atoms with Crippen LogP contribution in [0.1, 0.15) is 13.3 Å². The molecule has 4 nitrogen and oxygen atoms in total. The van der Waals surface area contributed by atoms with Crippen molar-refractivity contribution in [2.45, 2.75) is 19.4 Å². The molecule has 98 valence electrons. The van der Waals surface area contributed by atoms with Crippen molar-refractivity contribution >= 4 is 23.3 Å². The first-order valence-corrected chi connectivity index (χ1v) is 6.49. The van der Waals surface area contributed by atoms with Gasteiger partial charge in [0.05, 0.1) is 0 Å². The number of rotatable bonds is 1. The molecule has 5 heteroatoms. The predicted molar refractivity (Wildman–Crippen MR) is 73.8 cm³/mol. The van der Waals surface area contributed by atoms with Crippen LogP contribution in [0.25, 0.3) is 0 Å². The number of benzene rings is 1. The van der Waals surface area contributed by atoms with E-state index >= 15 is 0 Å². The van der Waals surface area contributed by atoms with Crippen molar-refractivity contribution in [1.29, 1.82) is 0 Å². The number of nitrogens with one attached hydrogen (secondary N) is 1. The maximum absolute atomic E-state index is 12.1. The third-order valence-corrected chi connectivity index (χ3v) is 3.33. The number of nitrogens with two attached hydrogens (primary N) is 1. The molecule has 1 saturated heterocycles. The third-order valence-electron chi connectivity index (χ3n) is 3.07. The third kappa shape index (κ3) is 3.37. The zero-order valence-corrected chi connectivity index (χ0v) is 11.2. The first-order valence-electron chi connectivity index (χ1n) is 6.11. The molecule has 1 fully saturated rings. The minimum atomic E-state index is -0.0978. The van der Waals surface area contributed by atoms with Gasteiger partial charge in [-0.15, -0.1) is 0 Å². The monoisotopic (exact) mass is 267 g/mol. The fourth-order valence-corrected chi connectivity index (χ4v) is 2.43. The summed E-state index contributed by atoms with van der Waals surface area (Å²) in [5.41, 5.74) is 6.67. The number of hydrogen-bond donors (Lipinski definition) is 2. The van der Waals surface area contributed by atoms with Crippen LogP contribution in [-0.4, -0.2) is 30.1 Å². The summed E-state index contributed by atoms with van der Waals surface area (Å²) in [7, 11) is 0. The molecule has 1 aromatic rings. The van der Waals surface area contributed by atoms with Crippen molar-refractivity contribution in [2.75, 3.05) is 18.4 Å². The molecule has 2 unspecified atom stereocenters. The Morgan fingerprint density at radius 1 is 1.39 bits per heavy atom. The minimum absolute atomic E-state index is 0.0738. The molecular weight excluding hydrogens is 250 g/mol. The summed E-state index contributed by atoms with van der Waals surface area (Å²) < 4.78 is 0. The van der Waals surface area contributed by atoms with Crippen molar-refractivity contribution in [3.05, 3.63) is 29.3 Å². The van der Waals surface area contributed by atoms with Crippen LogP contribution in [0.2, 0.25) is 5.02 Å². The van der Waals surface area contributed by atoms with E-state index in [9.17, 15) is 4.79 Å². The van der Waals surface area contributed by atoms with Crippen LogP contribution in [0.4, 0.5) is 10.5 Å². The summed E-state index contributed by atoms with van der Waals surface area (Å²) in [5.74, 6) is 0.449. The van der Waals surface area contributed by atoms with Crippen LogP contribution >= 0.6 is 11.6 Å². The SMILES string of the molecule is CC1CC(N)CN(C(=O)Nc2ccc(Cl)cc2)C1. The van der Waals surface area contributed by atoms with Gasteiger partial charge in [-0.2, -0.15) is 0 Å². The lowest BCUT2D eigenvalue weighted by Gasteiger charge is -2.34. The Hall–Kier alpha value is -1.26. The standard InChI is InChI=1S/C13H18ClN3O/c1-9-6-11(15)8-17(7-9)13(18)16-12-4-2-10(14)3-5-12/h2-5,9,11H,6-8,15H2,1H3,(H,16,18). The molecule has 0 radical (unpaired) electrons. The number of piperidine rings is 1. The highest BCUT2D eigenvalue weighted by Crippen LogP contribution is 2.17. The number of carbonyl (C=O) groups is 1. The van der Waals surface area contributed by atoms with Gasteiger partial charge < -0.3 is 16.0 Å². The summed E-state index contributed by atoms with van der Waals surface area (Å²) in [5, 5.41) is 3.51. The van der Waals surface area contributed by atoms with Crippen molar-refractivity contribution in [3.8, 4) is 0 Å². The Labute approximate surface area is 112 Å². The molecule has 2 amide bonds. The van der Waals surface area contributed by atoms with Crippen LogP contribution in [0.15, 0.2) is 24.3 Å². The molecule has 3 N–H and O–H groups in total. The van der Waals surface area contributed by atoms with Crippen LogP contribution in [0, 0.1) is 5.92 Å². The van der Waals surface area contributed by atoms with E-state index in [-0.39, 0.29) is 12.1 Å². The van der Waals surface area contributed by atoms with Crippen molar-refractivity contribution < 1.29 is 4.79 Å². The van der Waals surface area contributed by atoms with E-state index in [0.29, 0.717) is 17.5 Å². The number of hydrogen-bond acceptors (Lipinski definition) is 2. The second-order valence-corrected chi connectivity index (χ2v) is 5.38. The quantitative estimate of drug-likeness (QED) is 0.822. The number of carbonyl (C=O) groups excluding carboxylic acids is 1. The van der Waals surface area contributed by atoms with Crippen molar-refractivity contribution in [2.24, 2.45) is 11.7 Å². The highest BCUT2D eigenvalue weighted by molar-refractivity contribution is 6.30. The van der Waals surface area contributed by atoms with Crippen molar-refractivity contribution in [3.63, 3.8) is 0 Å². The molecule has 1 aliphatic rings. The maximum Gasteiger partial charge on any atom is 0.321 e. The molecule has 2 atom stereocenters. The number of halogens is 1. The zero-order valence-electron chi connectivity index (χ0n) is 10.4. The average Bonchev–Trinajstić information content (AvgIpc) is 2.31. The van der Waals surface area contributed by atoms with E-state index < -0.39 is 0 Å². The highest BCUT2D eigenvalue weighted by atomic mass is 35.5. The number of amides is 2. The lowest BCUT2D eigenvalue weighted by Crippen LogP contribution is -2.50. The molecule has 1 heterocycles. The Morgan fingerprint density at radius 2 is 2.06 bits per heavy atom. The summed E-state index contributed by atoms with van der Waals surface area (Å²) in [4.78, 5) is 13.8. The van der Waals surface area contributed by atoms with Gasteiger partial charge in [0.2, 0.25) is 0 Å². The number of urea groups is 1. The Bertz CT molecular complexity index is 411. The van der Waals surface area contributed by atoms with E-state index in [1.54, 1.807) is 29.2 Å². The molecule has 18 heavy (non-hydrogen) atoms. The molecule has 1 aliphatic heterocycles. The van der Waals surface area contributed by atoms with Gasteiger partial charge in [0, 0.05) is 29.8 Å². The first-order chi connectivity index (χ1) is 8.54. The lowest BCUT2D eigenvalue weighted by molar-refractivity contribution is 0.172. The predicted octanol–water partition coefficient (Wildman–Crippen LogP) is 2.54. The number of likely N-dealkylation sites (tertiary alicyclic amines) is 1. The summed E-state index contributed by atoms with van der Waals surface area (Å²) >= 11 is 5.80. The van der Waals surface area contributed by atoms with Gasteiger partial charge in [-0.3, -0.25) is 0 Å². The largest absolute Gasteiger partial charge is 0.326 e. The lowest BCUT2D eigenvalue weighted by atomic mass is 9.97. The first kappa shape index (κ1) is 13.2. The van der Waals surface area contributed by atoms with Gasteiger partial charge in [0.15, 0.2) is 0 Å². The highest BCUT2D eigenvalue weighted by Gasteiger charge is 2.25. The van der Waals surface area contributed by atoms with E-state index in [1.165, 1.54) is 0 Å². The molecular formula is C13H18ClN3O. The Kier molecular flexibility index (Phi) is 4.09. The fourth-order valence-electron chi connectivity index (χ4n) is 2.30. The molecule has 0 bridgehead atoms. The second-order valence-electron chi connectivity index (χ2n) is 4.94. The average molecular weight is 268 g/mol. The smallest absolute Gasteiger partial charge is 0.321 e. The second kappa shape index (κ2) is 5.59. The molecule has 0 aliphatic carbocycles. The normalized spacial score (nSPS) is 23.8. The molecule has 0 spiro atoms. The van der Waals surface area contributed by atoms with Gasteiger partial charge in [-0.1, -0.05) is 18.5 Å². The van der Waals surface area contributed by atoms with E-state index in [2.05, 4.69) is 12.2 Å². The minimum Gasteiger partial charge on any atom is -0.326 e. The number of anilines is 1. The van der Waals surface area contributed by atoms with Gasteiger partial charge in [-0.25, -0.2) is 4.79 Å². The summed E-state index contributed by atoms with van der Waals surface area (Å²) in [6, 6.07) is 7.05. The maximum atomic E-state index is 12.1. The van der Waals surface area contributed by atoms with Crippen LogP contribution < -0.4 is 11.1 Å². The number of nitrogens with zero attached hydrogens (tertiary/aromatic N) is 1. The van der Waals surface area contributed by atoms with Crippen LogP contribution in [0.5, 0.6) is 0 Å². The Morgan fingerprint density at radius 3 is 2.67 bits per heavy atom. The zero-order chi connectivity index (χ0) is 13.1. The van der Waals surface area contributed by atoms with E-state index in [1.807, 2.05) is 0 Å². The van der Waals surface area contributed by atoms with Gasteiger partial charge >= 0.3 is 6.03 Å². The van der Waals surface area contributed by atoms with Gasteiger partial charge in [-0.05, 0) is 36.6 Å². The molecule has 1 aromatic carbocycles. The van der Waals surface area contributed by atoms with E-state index in [4.69, 9.17) is 17.3 Å².